The van der Waals surface area contributed by atoms with E-state index in [4.69, 9.17) is 11.6 Å². The fourth-order valence-electron chi connectivity index (χ4n) is 5.44. The summed E-state index contributed by atoms with van der Waals surface area (Å²) in [6.07, 6.45) is 1.91. The van der Waals surface area contributed by atoms with Crippen molar-refractivity contribution in [3.63, 3.8) is 0 Å². The van der Waals surface area contributed by atoms with E-state index in [1.54, 1.807) is 25.1 Å². The zero-order valence-corrected chi connectivity index (χ0v) is 27.7. The largest absolute Gasteiger partial charge is 0.342 e. The molecule has 9 heteroatoms. The van der Waals surface area contributed by atoms with Crippen LogP contribution in [0.15, 0.2) is 35.9 Å². The van der Waals surface area contributed by atoms with Gasteiger partial charge in [-0.3, -0.25) is 14.4 Å². The van der Waals surface area contributed by atoms with Gasteiger partial charge in [-0.15, -0.1) is 0 Å². The lowest BCUT2D eigenvalue weighted by Gasteiger charge is -2.40. The number of carbonyl (C=O) groups excluding carboxylic acids is 3. The number of benzene rings is 1. The van der Waals surface area contributed by atoms with Crippen LogP contribution in [0.2, 0.25) is 5.02 Å². The standard InChI is InChI=1S/C32H52ClN5O3/c1-21(2)25(19-22(3)29(40)38-17-15-36(10)16-18-38)37(11)30(41)27(31(4,5)6)35-28(39)26(34-9)32(7,8)23-13-12-14-24(33)20-23/h12-14,19-21,25-27,34H,15-18H2,1-11H3,(H,35,39)/b22-19+/t25-,26-,27-/m1/s1. The van der Waals surface area contributed by atoms with Crippen LogP contribution in [-0.4, -0.2) is 97.9 Å². The van der Waals surface area contributed by atoms with Gasteiger partial charge >= 0.3 is 0 Å². The third kappa shape index (κ3) is 8.79. The third-order valence-electron chi connectivity index (χ3n) is 8.27. The Labute approximate surface area is 252 Å². The molecular formula is C32H52ClN5O3. The van der Waals surface area contributed by atoms with Gasteiger partial charge in [-0.05, 0) is 50.0 Å². The molecule has 0 bridgehead atoms. The first-order valence-electron chi connectivity index (χ1n) is 14.6. The van der Waals surface area contributed by atoms with Crippen molar-refractivity contribution in [3.8, 4) is 0 Å². The van der Waals surface area contributed by atoms with Crippen molar-refractivity contribution in [3.05, 3.63) is 46.5 Å². The molecule has 0 unspecified atom stereocenters. The Morgan fingerprint density at radius 2 is 1.61 bits per heavy atom. The van der Waals surface area contributed by atoms with E-state index in [1.807, 2.05) is 84.6 Å². The van der Waals surface area contributed by atoms with E-state index >= 15 is 0 Å². The zero-order chi connectivity index (χ0) is 31.3. The second-order valence-corrected chi connectivity index (χ2v) is 13.8. The molecule has 0 radical (unpaired) electrons. The fourth-order valence-corrected chi connectivity index (χ4v) is 5.63. The number of piperazine rings is 1. The van der Waals surface area contributed by atoms with Crippen LogP contribution in [0.3, 0.4) is 0 Å². The topological polar surface area (TPSA) is 85.0 Å². The molecule has 2 N–H and O–H groups in total. The van der Waals surface area contributed by atoms with Crippen LogP contribution in [-0.2, 0) is 19.8 Å². The van der Waals surface area contributed by atoms with Gasteiger partial charge in [-0.2, -0.15) is 0 Å². The fraction of sp³-hybridized carbons (Fsp3) is 0.656. The van der Waals surface area contributed by atoms with E-state index < -0.39 is 22.9 Å². The summed E-state index contributed by atoms with van der Waals surface area (Å²) in [5.74, 6) is -0.402. The van der Waals surface area contributed by atoms with Gasteiger partial charge in [0.2, 0.25) is 17.7 Å². The Morgan fingerprint density at radius 1 is 1.02 bits per heavy atom. The van der Waals surface area contributed by atoms with E-state index in [2.05, 4.69) is 22.6 Å². The second kappa shape index (κ2) is 14.2. The number of rotatable bonds is 10. The van der Waals surface area contributed by atoms with E-state index in [0.717, 1.165) is 18.7 Å². The lowest BCUT2D eigenvalue weighted by molar-refractivity contribution is -0.141. The van der Waals surface area contributed by atoms with Crippen LogP contribution in [0.5, 0.6) is 0 Å². The Bertz CT molecular complexity index is 1100. The molecule has 1 fully saturated rings. The lowest BCUT2D eigenvalue weighted by atomic mass is 9.76. The molecule has 230 valence electrons. The molecule has 1 saturated heterocycles. The van der Waals surface area contributed by atoms with Gasteiger partial charge < -0.3 is 25.3 Å². The smallest absolute Gasteiger partial charge is 0.249 e. The molecule has 1 aromatic carbocycles. The van der Waals surface area contributed by atoms with Crippen molar-refractivity contribution < 1.29 is 14.4 Å². The molecule has 1 aliphatic rings. The van der Waals surface area contributed by atoms with Crippen LogP contribution in [0, 0.1) is 11.3 Å². The van der Waals surface area contributed by atoms with Crippen LogP contribution in [0.1, 0.15) is 61.0 Å². The average molecular weight is 590 g/mol. The Hall–Kier alpha value is -2.42. The minimum absolute atomic E-state index is 0.00498. The van der Waals surface area contributed by atoms with Crippen molar-refractivity contribution in [1.82, 2.24) is 25.3 Å². The Morgan fingerprint density at radius 3 is 2.10 bits per heavy atom. The summed E-state index contributed by atoms with van der Waals surface area (Å²) in [6, 6.07) is 5.78. The van der Waals surface area contributed by atoms with Gasteiger partial charge in [0.05, 0.1) is 12.1 Å². The molecule has 3 amide bonds. The number of halogens is 1. The predicted molar refractivity (Wildman–Crippen MR) is 168 cm³/mol. The predicted octanol–water partition coefficient (Wildman–Crippen LogP) is 3.94. The number of carbonyl (C=O) groups is 3. The van der Waals surface area contributed by atoms with E-state index in [0.29, 0.717) is 23.7 Å². The maximum atomic E-state index is 14.1. The molecule has 1 aliphatic heterocycles. The zero-order valence-electron chi connectivity index (χ0n) is 27.0. The van der Waals surface area contributed by atoms with E-state index in [9.17, 15) is 14.4 Å². The number of amides is 3. The van der Waals surface area contributed by atoms with Crippen molar-refractivity contribution in [2.24, 2.45) is 11.3 Å². The van der Waals surface area contributed by atoms with E-state index in [1.165, 1.54) is 0 Å². The summed E-state index contributed by atoms with van der Waals surface area (Å²) < 4.78 is 0. The highest BCUT2D eigenvalue weighted by Gasteiger charge is 2.41. The highest BCUT2D eigenvalue weighted by Crippen LogP contribution is 2.30. The van der Waals surface area contributed by atoms with Crippen molar-refractivity contribution in [2.45, 2.75) is 78.9 Å². The SMILES string of the molecule is CN[C@H](C(=O)N[C@H](C(=O)N(C)[C@H](/C=C(\C)C(=O)N1CCN(C)CC1)C(C)C)C(C)(C)C)C(C)(C)c1cccc(Cl)c1. The summed E-state index contributed by atoms with van der Waals surface area (Å²) in [7, 11) is 5.56. The van der Waals surface area contributed by atoms with Gasteiger partial charge in [0, 0.05) is 49.2 Å². The minimum atomic E-state index is -0.783. The molecule has 2 rings (SSSR count). The molecule has 41 heavy (non-hydrogen) atoms. The number of nitrogens with zero attached hydrogens (tertiary/aromatic N) is 3. The number of likely N-dealkylation sites (N-methyl/N-ethyl adjacent to an activating group) is 3. The van der Waals surface area contributed by atoms with Crippen molar-refractivity contribution >= 4 is 29.3 Å². The highest BCUT2D eigenvalue weighted by molar-refractivity contribution is 6.30. The number of nitrogens with one attached hydrogen (secondary N) is 2. The number of hydrogen-bond donors (Lipinski definition) is 2. The Balaban J connectivity index is 2.31. The molecular weight excluding hydrogens is 538 g/mol. The Kier molecular flexibility index (Phi) is 12.0. The third-order valence-corrected chi connectivity index (χ3v) is 8.50. The molecule has 3 atom stereocenters. The normalized spacial score (nSPS) is 17.7. The van der Waals surface area contributed by atoms with Crippen LogP contribution in [0.4, 0.5) is 0 Å². The molecule has 8 nitrogen and oxygen atoms in total. The second-order valence-electron chi connectivity index (χ2n) is 13.4. The summed E-state index contributed by atoms with van der Waals surface area (Å²) in [5, 5.41) is 6.84. The van der Waals surface area contributed by atoms with Gasteiger partial charge in [0.1, 0.15) is 6.04 Å². The summed E-state index contributed by atoms with van der Waals surface area (Å²) in [5.41, 5.74) is 0.379. The maximum Gasteiger partial charge on any atom is 0.249 e. The summed E-state index contributed by atoms with van der Waals surface area (Å²) in [4.78, 5) is 46.8. The van der Waals surface area contributed by atoms with Gasteiger partial charge in [0.15, 0.2) is 0 Å². The molecule has 0 aromatic heterocycles. The quantitative estimate of drug-likeness (QED) is 0.404. The maximum absolute atomic E-state index is 14.1. The first kappa shape index (κ1) is 34.8. The first-order chi connectivity index (χ1) is 18.9. The average Bonchev–Trinajstić information content (AvgIpc) is 2.88. The van der Waals surface area contributed by atoms with Crippen LogP contribution >= 0.6 is 11.6 Å². The summed E-state index contributed by atoms with van der Waals surface area (Å²) >= 11 is 6.26. The molecule has 0 saturated carbocycles. The van der Waals surface area contributed by atoms with Crippen molar-refractivity contribution in [2.75, 3.05) is 47.3 Å². The minimum Gasteiger partial charge on any atom is -0.342 e. The molecule has 0 aliphatic carbocycles. The van der Waals surface area contributed by atoms with Gasteiger partial charge in [-0.1, -0.05) is 78.3 Å². The first-order valence-corrected chi connectivity index (χ1v) is 15.0. The molecule has 1 aromatic rings. The monoisotopic (exact) mass is 589 g/mol. The van der Waals surface area contributed by atoms with E-state index in [-0.39, 0.29) is 29.7 Å². The molecule has 0 spiro atoms. The highest BCUT2D eigenvalue weighted by atomic mass is 35.5. The van der Waals surface area contributed by atoms with Crippen LogP contribution in [0.25, 0.3) is 0 Å². The van der Waals surface area contributed by atoms with Gasteiger partial charge in [-0.25, -0.2) is 0 Å². The van der Waals surface area contributed by atoms with Crippen molar-refractivity contribution in [1.29, 1.82) is 0 Å². The lowest BCUT2D eigenvalue weighted by Crippen LogP contribution is -2.61. The molecule has 1 heterocycles. The number of hydrogen-bond acceptors (Lipinski definition) is 5. The van der Waals surface area contributed by atoms with Crippen LogP contribution < -0.4 is 10.6 Å². The summed E-state index contributed by atoms with van der Waals surface area (Å²) in [6.45, 7) is 18.8. The van der Waals surface area contributed by atoms with Gasteiger partial charge in [0.25, 0.3) is 0 Å².